The monoisotopic (exact) mass is 222 g/mol. The lowest BCUT2D eigenvalue weighted by molar-refractivity contribution is 0.0950. The minimum Gasteiger partial charge on any atom is -0.352 e. The maximum Gasteiger partial charge on any atom is 0.251 e. The molecule has 1 aromatic rings. The van der Waals surface area contributed by atoms with Crippen molar-refractivity contribution >= 4 is 5.91 Å². The molecule has 0 saturated carbocycles. The zero-order valence-electron chi connectivity index (χ0n) is 9.00. The van der Waals surface area contributed by atoms with Crippen molar-refractivity contribution in [1.82, 2.24) is 10.6 Å². The van der Waals surface area contributed by atoms with Crippen LogP contribution in [0.25, 0.3) is 0 Å². The summed E-state index contributed by atoms with van der Waals surface area (Å²) in [5.74, 6) is 0.234. The predicted octanol–water partition coefficient (Wildman–Crippen LogP) is 1.17. The van der Waals surface area contributed by atoms with Gasteiger partial charge in [-0.05, 0) is 49.7 Å². The lowest BCUT2D eigenvalue weighted by atomic mass is 9.99. The number of hydrogen-bond acceptors (Lipinski definition) is 2. The summed E-state index contributed by atoms with van der Waals surface area (Å²) in [4.78, 5) is 11.6. The number of carbonyl (C=O) groups is 1. The molecule has 2 N–H and O–H groups in total. The lowest BCUT2D eigenvalue weighted by Gasteiger charge is -2.26. The smallest absolute Gasteiger partial charge is 0.251 e. The fourth-order valence-electron chi connectivity index (χ4n) is 1.65. The van der Waals surface area contributed by atoms with E-state index in [1.54, 1.807) is 0 Å². The maximum absolute atomic E-state index is 12.6. The highest BCUT2D eigenvalue weighted by Crippen LogP contribution is 2.07. The van der Waals surface area contributed by atoms with E-state index in [0.29, 0.717) is 18.0 Å². The summed E-state index contributed by atoms with van der Waals surface area (Å²) in [5.41, 5.74) is 0.508. The van der Waals surface area contributed by atoms with Crippen LogP contribution < -0.4 is 10.6 Å². The third-order valence-electron chi connectivity index (χ3n) is 2.81. The minimum absolute atomic E-state index is 0.132. The Morgan fingerprint density at radius 1 is 1.38 bits per heavy atom. The maximum atomic E-state index is 12.6. The molecule has 16 heavy (non-hydrogen) atoms. The number of nitrogens with one attached hydrogen (secondary N) is 2. The first-order valence-corrected chi connectivity index (χ1v) is 5.50. The third-order valence-corrected chi connectivity index (χ3v) is 2.81. The molecule has 4 heteroatoms. The first-order valence-electron chi connectivity index (χ1n) is 5.50. The van der Waals surface area contributed by atoms with E-state index in [9.17, 15) is 9.18 Å². The number of rotatable bonds is 4. The van der Waals surface area contributed by atoms with E-state index >= 15 is 0 Å². The molecule has 0 unspecified atom stereocenters. The number of benzene rings is 1. The van der Waals surface area contributed by atoms with Crippen LogP contribution in [0.3, 0.4) is 0 Å². The molecule has 1 aromatic carbocycles. The van der Waals surface area contributed by atoms with Gasteiger partial charge in [0.25, 0.3) is 5.91 Å². The van der Waals surface area contributed by atoms with E-state index in [1.807, 2.05) is 0 Å². The molecule has 1 heterocycles. The molecule has 0 aliphatic carbocycles. The highest BCUT2D eigenvalue weighted by molar-refractivity contribution is 5.94. The Kier molecular flexibility index (Phi) is 3.51. The average molecular weight is 222 g/mol. The van der Waals surface area contributed by atoms with Crippen LogP contribution in [0, 0.1) is 11.7 Å². The Morgan fingerprint density at radius 3 is 2.62 bits per heavy atom. The minimum atomic E-state index is -0.322. The SMILES string of the molecule is O=C(NCCC1CNC1)c1ccc(F)cc1. The van der Waals surface area contributed by atoms with E-state index < -0.39 is 0 Å². The van der Waals surface area contributed by atoms with Gasteiger partial charge in [-0.15, -0.1) is 0 Å². The lowest BCUT2D eigenvalue weighted by Crippen LogP contribution is -2.43. The molecule has 0 bridgehead atoms. The molecule has 1 saturated heterocycles. The Bertz CT molecular complexity index is 360. The van der Waals surface area contributed by atoms with Gasteiger partial charge in [-0.2, -0.15) is 0 Å². The highest BCUT2D eigenvalue weighted by Gasteiger charge is 2.16. The van der Waals surface area contributed by atoms with Crippen molar-refractivity contribution in [3.8, 4) is 0 Å². The van der Waals surface area contributed by atoms with Gasteiger partial charge in [0.05, 0.1) is 0 Å². The van der Waals surface area contributed by atoms with Gasteiger partial charge in [-0.25, -0.2) is 4.39 Å². The molecule has 1 aliphatic heterocycles. The third kappa shape index (κ3) is 2.79. The highest BCUT2D eigenvalue weighted by atomic mass is 19.1. The Morgan fingerprint density at radius 2 is 2.06 bits per heavy atom. The Labute approximate surface area is 94.0 Å². The predicted molar refractivity (Wildman–Crippen MR) is 59.7 cm³/mol. The second kappa shape index (κ2) is 5.07. The first-order chi connectivity index (χ1) is 7.75. The van der Waals surface area contributed by atoms with Gasteiger partial charge in [0, 0.05) is 12.1 Å². The molecule has 0 radical (unpaired) electrons. The fraction of sp³-hybridized carbons (Fsp3) is 0.417. The summed E-state index contributed by atoms with van der Waals surface area (Å²) in [6, 6.07) is 5.58. The molecule has 2 rings (SSSR count). The molecule has 0 atom stereocenters. The van der Waals surface area contributed by atoms with Crippen LogP contribution in [0.4, 0.5) is 4.39 Å². The van der Waals surface area contributed by atoms with Crippen LogP contribution in [0.15, 0.2) is 24.3 Å². The van der Waals surface area contributed by atoms with Crippen LogP contribution in [0.1, 0.15) is 16.8 Å². The van der Waals surface area contributed by atoms with Crippen LogP contribution >= 0.6 is 0 Å². The number of hydrogen-bond donors (Lipinski definition) is 2. The number of halogens is 1. The van der Waals surface area contributed by atoms with Gasteiger partial charge >= 0.3 is 0 Å². The van der Waals surface area contributed by atoms with Gasteiger partial charge < -0.3 is 10.6 Å². The largest absolute Gasteiger partial charge is 0.352 e. The summed E-state index contributed by atoms with van der Waals surface area (Å²) < 4.78 is 12.6. The zero-order chi connectivity index (χ0) is 11.4. The van der Waals surface area contributed by atoms with Crippen molar-refractivity contribution in [3.63, 3.8) is 0 Å². The molecule has 1 amide bonds. The first kappa shape index (κ1) is 11.1. The summed E-state index contributed by atoms with van der Waals surface area (Å²) in [7, 11) is 0. The fourth-order valence-corrected chi connectivity index (χ4v) is 1.65. The number of carbonyl (C=O) groups excluding carboxylic acids is 1. The topological polar surface area (TPSA) is 41.1 Å². The molecular weight excluding hydrogens is 207 g/mol. The van der Waals surface area contributed by atoms with Crippen molar-refractivity contribution in [2.45, 2.75) is 6.42 Å². The zero-order valence-corrected chi connectivity index (χ0v) is 9.00. The molecule has 0 aromatic heterocycles. The molecule has 86 valence electrons. The van der Waals surface area contributed by atoms with Crippen LogP contribution in [-0.4, -0.2) is 25.5 Å². The summed E-state index contributed by atoms with van der Waals surface area (Å²) in [6.07, 6.45) is 1.000. The van der Waals surface area contributed by atoms with Crippen LogP contribution in [0.5, 0.6) is 0 Å². The van der Waals surface area contributed by atoms with Gasteiger partial charge in [0.15, 0.2) is 0 Å². The van der Waals surface area contributed by atoms with Gasteiger partial charge in [-0.3, -0.25) is 4.79 Å². The molecule has 3 nitrogen and oxygen atoms in total. The average Bonchev–Trinajstić information content (AvgIpc) is 2.22. The summed E-state index contributed by atoms with van der Waals surface area (Å²) >= 11 is 0. The van der Waals surface area contributed by atoms with E-state index in [2.05, 4.69) is 10.6 Å². The summed E-state index contributed by atoms with van der Waals surface area (Å²) in [5, 5.41) is 6.01. The van der Waals surface area contributed by atoms with Crippen molar-refractivity contribution in [3.05, 3.63) is 35.6 Å². The van der Waals surface area contributed by atoms with Crippen molar-refractivity contribution in [2.24, 2.45) is 5.92 Å². The Balaban J connectivity index is 1.76. The van der Waals surface area contributed by atoms with E-state index in [1.165, 1.54) is 24.3 Å². The van der Waals surface area contributed by atoms with Crippen molar-refractivity contribution < 1.29 is 9.18 Å². The van der Waals surface area contributed by atoms with E-state index in [0.717, 1.165) is 19.5 Å². The van der Waals surface area contributed by atoms with Crippen LogP contribution in [-0.2, 0) is 0 Å². The molecule has 0 spiro atoms. The quantitative estimate of drug-likeness (QED) is 0.802. The van der Waals surface area contributed by atoms with Gasteiger partial charge in [0.2, 0.25) is 0 Å². The van der Waals surface area contributed by atoms with Crippen LogP contribution in [0.2, 0.25) is 0 Å². The normalized spacial score (nSPS) is 15.6. The number of amides is 1. The molecule has 1 aliphatic rings. The van der Waals surface area contributed by atoms with Crippen molar-refractivity contribution in [2.75, 3.05) is 19.6 Å². The van der Waals surface area contributed by atoms with E-state index in [-0.39, 0.29) is 11.7 Å². The Hall–Kier alpha value is -1.42. The standard InChI is InChI=1S/C12H15FN2O/c13-11-3-1-10(2-4-11)12(16)15-6-5-9-7-14-8-9/h1-4,9,14H,5-8H2,(H,15,16). The van der Waals surface area contributed by atoms with Gasteiger partial charge in [0.1, 0.15) is 5.82 Å². The molecule has 1 fully saturated rings. The van der Waals surface area contributed by atoms with Gasteiger partial charge in [-0.1, -0.05) is 0 Å². The second-order valence-electron chi connectivity index (χ2n) is 4.08. The van der Waals surface area contributed by atoms with E-state index in [4.69, 9.17) is 0 Å². The second-order valence-corrected chi connectivity index (χ2v) is 4.08. The molecular formula is C12H15FN2O. The van der Waals surface area contributed by atoms with Crippen molar-refractivity contribution in [1.29, 1.82) is 0 Å². The summed E-state index contributed by atoms with van der Waals surface area (Å²) in [6.45, 7) is 2.78.